The summed E-state index contributed by atoms with van der Waals surface area (Å²) < 4.78 is 12.7. The molecule has 0 aliphatic carbocycles. The maximum Gasteiger partial charge on any atom is 0.258 e. The normalized spacial score (nSPS) is 15.1. The fraction of sp³-hybridized carbons (Fsp3) is 0.438. The number of aromatic nitrogens is 3. The van der Waals surface area contributed by atoms with Crippen LogP contribution in [0.5, 0.6) is 5.75 Å². The highest BCUT2D eigenvalue weighted by Crippen LogP contribution is 2.19. The Morgan fingerprint density at radius 2 is 2.26 bits per heavy atom. The highest BCUT2D eigenvalue weighted by Gasteiger charge is 2.28. The largest absolute Gasteiger partial charge is 0.497 e. The summed E-state index contributed by atoms with van der Waals surface area (Å²) in [5.74, 6) is 1.27. The molecule has 2 heterocycles. The fourth-order valence-corrected chi connectivity index (χ4v) is 2.59. The van der Waals surface area contributed by atoms with E-state index in [0.717, 1.165) is 24.3 Å². The van der Waals surface area contributed by atoms with Crippen molar-refractivity contribution < 1.29 is 14.3 Å². The van der Waals surface area contributed by atoms with Gasteiger partial charge in [-0.05, 0) is 31.0 Å². The van der Waals surface area contributed by atoms with Crippen molar-refractivity contribution in [2.75, 3.05) is 18.6 Å². The molecule has 0 saturated carbocycles. The van der Waals surface area contributed by atoms with Crippen molar-refractivity contribution in [1.29, 1.82) is 0 Å². The lowest BCUT2D eigenvalue weighted by Gasteiger charge is -2.28. The maximum absolute atomic E-state index is 12.6. The quantitative estimate of drug-likeness (QED) is 0.838. The molecule has 1 amide bonds. The van der Waals surface area contributed by atoms with Crippen LogP contribution in [0.15, 0.2) is 30.6 Å². The van der Waals surface area contributed by atoms with Crippen molar-refractivity contribution >= 4 is 11.9 Å². The number of ether oxygens (including phenoxy) is 2. The molecule has 0 fully saturated rings. The number of nitrogens with zero attached hydrogens (tertiary/aromatic N) is 4. The van der Waals surface area contributed by atoms with Gasteiger partial charge in [-0.2, -0.15) is 10.1 Å². The second-order valence-corrected chi connectivity index (χ2v) is 5.43. The SMILES string of the molecule is COc1cccc(COC(C)C(=O)N2CCCn3ncnc32)c1. The number of aryl methyl sites for hydroxylation is 1. The third-order valence-electron chi connectivity index (χ3n) is 3.84. The van der Waals surface area contributed by atoms with Crippen LogP contribution < -0.4 is 9.64 Å². The lowest BCUT2D eigenvalue weighted by Crippen LogP contribution is -2.43. The molecule has 1 aromatic carbocycles. The Kier molecular flexibility index (Phi) is 4.57. The number of hydrogen-bond donors (Lipinski definition) is 0. The minimum atomic E-state index is -0.551. The number of rotatable bonds is 5. The number of carbonyl (C=O) groups is 1. The first kappa shape index (κ1) is 15.5. The molecule has 0 N–H and O–H groups in total. The van der Waals surface area contributed by atoms with Crippen LogP contribution in [0.4, 0.5) is 5.95 Å². The van der Waals surface area contributed by atoms with Gasteiger partial charge in [0.15, 0.2) is 0 Å². The predicted molar refractivity (Wildman–Crippen MR) is 84.2 cm³/mol. The Balaban J connectivity index is 1.62. The smallest absolute Gasteiger partial charge is 0.258 e. The molecule has 7 nitrogen and oxygen atoms in total. The summed E-state index contributed by atoms with van der Waals surface area (Å²) in [6.07, 6.45) is 1.79. The zero-order valence-corrected chi connectivity index (χ0v) is 13.3. The summed E-state index contributed by atoms with van der Waals surface area (Å²) >= 11 is 0. The number of hydrogen-bond acceptors (Lipinski definition) is 5. The van der Waals surface area contributed by atoms with Crippen molar-refractivity contribution in [2.24, 2.45) is 0 Å². The molecule has 0 bridgehead atoms. The first-order valence-electron chi connectivity index (χ1n) is 7.63. The van der Waals surface area contributed by atoms with Gasteiger partial charge >= 0.3 is 0 Å². The van der Waals surface area contributed by atoms with Gasteiger partial charge in [-0.15, -0.1) is 0 Å². The van der Waals surface area contributed by atoms with Crippen LogP contribution in [0.3, 0.4) is 0 Å². The molecule has 122 valence electrons. The monoisotopic (exact) mass is 316 g/mol. The molecule has 1 unspecified atom stereocenters. The number of fused-ring (bicyclic) bond motifs is 1. The Morgan fingerprint density at radius 3 is 3.09 bits per heavy atom. The molecular weight excluding hydrogens is 296 g/mol. The standard InChI is InChI=1S/C16H20N4O3/c1-12(23-10-13-5-3-6-14(9-13)22-2)15(21)19-7-4-8-20-16(19)17-11-18-20/h3,5-6,9,11-12H,4,7-8,10H2,1-2H3. The molecule has 1 aliphatic rings. The summed E-state index contributed by atoms with van der Waals surface area (Å²) in [5, 5.41) is 4.12. The number of benzene rings is 1. The van der Waals surface area contributed by atoms with Crippen molar-refractivity contribution in [3.63, 3.8) is 0 Å². The van der Waals surface area contributed by atoms with E-state index in [0.29, 0.717) is 19.1 Å². The van der Waals surface area contributed by atoms with E-state index in [4.69, 9.17) is 9.47 Å². The highest BCUT2D eigenvalue weighted by molar-refractivity contribution is 5.95. The van der Waals surface area contributed by atoms with Crippen LogP contribution in [0.1, 0.15) is 18.9 Å². The van der Waals surface area contributed by atoms with E-state index in [-0.39, 0.29) is 5.91 Å². The fourth-order valence-electron chi connectivity index (χ4n) is 2.59. The third-order valence-corrected chi connectivity index (χ3v) is 3.84. The molecule has 1 aromatic heterocycles. The van der Waals surface area contributed by atoms with Gasteiger partial charge in [0.25, 0.3) is 5.91 Å². The van der Waals surface area contributed by atoms with Gasteiger partial charge in [0.05, 0.1) is 13.7 Å². The average Bonchev–Trinajstić information content (AvgIpc) is 3.07. The van der Waals surface area contributed by atoms with Gasteiger partial charge < -0.3 is 9.47 Å². The van der Waals surface area contributed by atoms with Crippen LogP contribution in [0.25, 0.3) is 0 Å². The Morgan fingerprint density at radius 1 is 1.39 bits per heavy atom. The number of anilines is 1. The van der Waals surface area contributed by atoms with Gasteiger partial charge in [-0.1, -0.05) is 12.1 Å². The first-order chi connectivity index (χ1) is 11.2. The van der Waals surface area contributed by atoms with Gasteiger partial charge in [-0.25, -0.2) is 4.68 Å². The van der Waals surface area contributed by atoms with Gasteiger partial charge in [0.2, 0.25) is 5.95 Å². The zero-order valence-electron chi connectivity index (χ0n) is 13.3. The minimum absolute atomic E-state index is 0.0955. The van der Waals surface area contributed by atoms with Gasteiger partial charge in [-0.3, -0.25) is 9.69 Å². The number of carbonyl (C=O) groups excluding carboxylic acids is 1. The van der Waals surface area contributed by atoms with E-state index in [1.165, 1.54) is 6.33 Å². The molecule has 23 heavy (non-hydrogen) atoms. The number of amides is 1. The molecule has 0 saturated heterocycles. The molecule has 7 heteroatoms. The van der Waals surface area contributed by atoms with E-state index >= 15 is 0 Å². The zero-order chi connectivity index (χ0) is 16.2. The summed E-state index contributed by atoms with van der Waals surface area (Å²) in [7, 11) is 1.62. The molecule has 2 aromatic rings. The summed E-state index contributed by atoms with van der Waals surface area (Å²) in [6.45, 7) is 3.55. The van der Waals surface area contributed by atoms with Crippen LogP contribution in [0, 0.1) is 0 Å². The Labute approximate surface area is 134 Å². The summed E-state index contributed by atoms with van der Waals surface area (Å²) in [5.41, 5.74) is 0.964. The summed E-state index contributed by atoms with van der Waals surface area (Å²) in [6, 6.07) is 7.61. The Hall–Kier alpha value is -2.41. The first-order valence-corrected chi connectivity index (χ1v) is 7.63. The van der Waals surface area contributed by atoms with Crippen molar-refractivity contribution in [3.8, 4) is 5.75 Å². The predicted octanol–water partition coefficient (Wildman–Crippen LogP) is 1.63. The Bertz CT molecular complexity index is 685. The second kappa shape index (κ2) is 6.78. The van der Waals surface area contributed by atoms with Crippen LogP contribution >= 0.6 is 0 Å². The van der Waals surface area contributed by atoms with E-state index in [9.17, 15) is 4.79 Å². The molecule has 3 rings (SSSR count). The third kappa shape index (κ3) is 3.34. The lowest BCUT2D eigenvalue weighted by molar-refractivity contribution is -0.130. The van der Waals surface area contributed by atoms with Crippen molar-refractivity contribution in [1.82, 2.24) is 14.8 Å². The average molecular weight is 316 g/mol. The molecule has 0 radical (unpaired) electrons. The van der Waals surface area contributed by atoms with Crippen molar-refractivity contribution in [2.45, 2.75) is 32.6 Å². The molecular formula is C16H20N4O3. The maximum atomic E-state index is 12.6. The van der Waals surface area contributed by atoms with Gasteiger partial charge in [0.1, 0.15) is 18.2 Å². The van der Waals surface area contributed by atoms with Crippen LogP contribution in [-0.4, -0.2) is 40.4 Å². The highest BCUT2D eigenvalue weighted by atomic mass is 16.5. The van der Waals surface area contributed by atoms with E-state index in [2.05, 4.69) is 10.1 Å². The van der Waals surface area contributed by atoms with Crippen LogP contribution in [-0.2, 0) is 22.7 Å². The summed E-state index contributed by atoms with van der Waals surface area (Å²) in [4.78, 5) is 18.4. The molecule has 1 aliphatic heterocycles. The van der Waals surface area contributed by atoms with E-state index in [1.54, 1.807) is 23.6 Å². The van der Waals surface area contributed by atoms with E-state index in [1.807, 2.05) is 24.3 Å². The number of methoxy groups -OCH3 is 1. The van der Waals surface area contributed by atoms with Gasteiger partial charge in [0, 0.05) is 13.1 Å². The van der Waals surface area contributed by atoms with Crippen molar-refractivity contribution in [3.05, 3.63) is 36.2 Å². The molecule has 0 spiro atoms. The topological polar surface area (TPSA) is 69.5 Å². The van der Waals surface area contributed by atoms with E-state index < -0.39 is 6.10 Å². The van der Waals surface area contributed by atoms with Crippen LogP contribution in [0.2, 0.25) is 0 Å². The minimum Gasteiger partial charge on any atom is -0.497 e. The molecule has 1 atom stereocenters. The lowest BCUT2D eigenvalue weighted by atomic mass is 10.2. The second-order valence-electron chi connectivity index (χ2n) is 5.43.